The molecule has 0 spiro atoms. The lowest BCUT2D eigenvalue weighted by atomic mass is 10.4. The van der Waals surface area contributed by atoms with E-state index in [2.05, 4.69) is 0 Å². The Bertz CT molecular complexity index is 208. The monoisotopic (exact) mass is 282 g/mol. The number of hydrogen-bond donors (Lipinski definition) is 7. The van der Waals surface area contributed by atoms with E-state index in [0.29, 0.717) is 0 Å². The molecular formula is C5H16O9P2. The summed E-state index contributed by atoms with van der Waals surface area (Å²) >= 11 is 0. The summed E-state index contributed by atoms with van der Waals surface area (Å²) in [6, 6.07) is 0. The first-order chi connectivity index (χ1) is 6.91. The zero-order valence-corrected chi connectivity index (χ0v) is 10.2. The van der Waals surface area contributed by atoms with Crippen LogP contribution >= 0.6 is 15.6 Å². The number of aliphatic hydroxyl groups is 1. The molecule has 0 aromatic rings. The highest BCUT2D eigenvalue weighted by molar-refractivity contribution is 7.45. The van der Waals surface area contributed by atoms with Crippen molar-refractivity contribution in [3.63, 3.8) is 0 Å². The van der Waals surface area contributed by atoms with Crippen LogP contribution in [-0.4, -0.2) is 41.1 Å². The standard InChI is InChI=1S/C5H10O.2H3O4P/c1-2-3-4-5-6;2*1-5(2,3)4/h3-4,6H,2,5H2,1H3;2*(H3,1,2,3,4). The fraction of sp³-hybridized carbons (Fsp3) is 0.600. The van der Waals surface area contributed by atoms with Crippen molar-refractivity contribution in [2.45, 2.75) is 13.3 Å². The van der Waals surface area contributed by atoms with Crippen LogP contribution in [0.3, 0.4) is 0 Å². The molecule has 0 aromatic heterocycles. The normalized spacial score (nSPS) is 11.2. The fourth-order valence-corrected chi connectivity index (χ4v) is 0.241. The molecule has 0 atom stereocenters. The third-order valence-electron chi connectivity index (χ3n) is 0.508. The largest absolute Gasteiger partial charge is 0.466 e. The lowest BCUT2D eigenvalue weighted by Crippen LogP contribution is -1.67. The van der Waals surface area contributed by atoms with Gasteiger partial charge in [-0.3, -0.25) is 0 Å². The highest BCUT2D eigenvalue weighted by Gasteiger charge is 2.00. The summed E-state index contributed by atoms with van der Waals surface area (Å²) < 4.78 is 17.8. The maximum Gasteiger partial charge on any atom is 0.466 e. The van der Waals surface area contributed by atoms with Gasteiger partial charge in [0.15, 0.2) is 0 Å². The molecule has 0 heterocycles. The molecule has 0 saturated carbocycles. The predicted octanol–water partition coefficient (Wildman–Crippen LogP) is -0.912. The highest BCUT2D eigenvalue weighted by atomic mass is 31.2. The van der Waals surface area contributed by atoms with Crippen LogP contribution in [0.25, 0.3) is 0 Å². The quantitative estimate of drug-likeness (QED) is 0.249. The Morgan fingerprint density at radius 3 is 1.19 bits per heavy atom. The van der Waals surface area contributed by atoms with E-state index in [1.54, 1.807) is 6.08 Å². The van der Waals surface area contributed by atoms with Crippen LogP contribution in [0.1, 0.15) is 13.3 Å². The second-order valence-electron chi connectivity index (χ2n) is 2.09. The summed E-state index contributed by atoms with van der Waals surface area (Å²) in [5.41, 5.74) is 0. The maximum absolute atomic E-state index is 8.88. The van der Waals surface area contributed by atoms with Gasteiger partial charge in [0, 0.05) is 0 Å². The Hall–Kier alpha value is -0.0800. The Balaban J connectivity index is -0.000000160. The number of hydrogen-bond acceptors (Lipinski definition) is 3. The molecule has 11 heteroatoms. The van der Waals surface area contributed by atoms with E-state index in [-0.39, 0.29) is 6.61 Å². The van der Waals surface area contributed by atoms with Crippen LogP contribution in [0.5, 0.6) is 0 Å². The summed E-state index contributed by atoms with van der Waals surface area (Å²) in [6.07, 6.45) is 4.68. The van der Waals surface area contributed by atoms with Gasteiger partial charge in [0.05, 0.1) is 6.61 Å². The molecule has 0 amide bonds. The maximum atomic E-state index is 8.88. The van der Waals surface area contributed by atoms with Gasteiger partial charge < -0.3 is 34.5 Å². The molecular weight excluding hydrogens is 266 g/mol. The van der Waals surface area contributed by atoms with Crippen molar-refractivity contribution in [3.8, 4) is 0 Å². The van der Waals surface area contributed by atoms with Crippen molar-refractivity contribution in [1.29, 1.82) is 0 Å². The van der Waals surface area contributed by atoms with Gasteiger partial charge in [-0.2, -0.15) is 0 Å². The molecule has 0 aliphatic carbocycles. The molecule has 0 unspecified atom stereocenters. The molecule has 0 saturated heterocycles. The minimum atomic E-state index is -4.64. The van der Waals surface area contributed by atoms with Crippen LogP contribution < -0.4 is 0 Å². The highest BCUT2D eigenvalue weighted by Crippen LogP contribution is 2.26. The Labute approximate surface area is 92.2 Å². The second-order valence-corrected chi connectivity index (χ2v) is 4.14. The van der Waals surface area contributed by atoms with Crippen LogP contribution in [0.15, 0.2) is 12.2 Å². The number of allylic oxidation sites excluding steroid dienone is 1. The Morgan fingerprint density at radius 1 is 0.875 bits per heavy atom. The van der Waals surface area contributed by atoms with Crippen LogP contribution in [0, 0.1) is 0 Å². The number of rotatable bonds is 2. The SMILES string of the molecule is CCC=CCO.O=P(O)(O)O.O=P(O)(O)O. The van der Waals surface area contributed by atoms with E-state index < -0.39 is 15.6 Å². The van der Waals surface area contributed by atoms with Crippen molar-refractivity contribution < 1.29 is 43.6 Å². The van der Waals surface area contributed by atoms with Gasteiger partial charge in [0.2, 0.25) is 0 Å². The van der Waals surface area contributed by atoms with Gasteiger partial charge >= 0.3 is 15.6 Å². The van der Waals surface area contributed by atoms with E-state index in [4.69, 9.17) is 43.6 Å². The van der Waals surface area contributed by atoms with E-state index in [9.17, 15) is 0 Å². The molecule has 16 heavy (non-hydrogen) atoms. The summed E-state index contributed by atoms with van der Waals surface area (Å²) in [5, 5.41) is 8.11. The van der Waals surface area contributed by atoms with Crippen LogP contribution in [0.4, 0.5) is 0 Å². The van der Waals surface area contributed by atoms with Crippen molar-refractivity contribution in [3.05, 3.63) is 12.2 Å². The molecule has 0 fully saturated rings. The summed E-state index contributed by atoms with van der Waals surface area (Å²) in [4.78, 5) is 43.1. The third kappa shape index (κ3) is 273. The predicted molar refractivity (Wildman–Crippen MR) is 55.0 cm³/mol. The van der Waals surface area contributed by atoms with E-state index in [0.717, 1.165) is 6.42 Å². The summed E-state index contributed by atoms with van der Waals surface area (Å²) in [7, 11) is -9.28. The molecule has 0 radical (unpaired) electrons. The van der Waals surface area contributed by atoms with Crippen molar-refractivity contribution >= 4 is 15.6 Å². The summed E-state index contributed by atoms with van der Waals surface area (Å²) in [5.74, 6) is 0. The minimum Gasteiger partial charge on any atom is -0.392 e. The first-order valence-corrected chi connectivity index (χ1v) is 6.87. The fourth-order valence-electron chi connectivity index (χ4n) is 0.241. The lowest BCUT2D eigenvalue weighted by molar-refractivity contribution is 0.272. The average molecular weight is 282 g/mol. The molecule has 9 nitrogen and oxygen atoms in total. The van der Waals surface area contributed by atoms with Gasteiger partial charge in [0.25, 0.3) is 0 Å². The average Bonchev–Trinajstić information content (AvgIpc) is 1.94. The Morgan fingerprint density at radius 2 is 1.12 bits per heavy atom. The van der Waals surface area contributed by atoms with E-state index >= 15 is 0 Å². The van der Waals surface area contributed by atoms with Crippen LogP contribution in [-0.2, 0) is 9.13 Å². The molecule has 0 rings (SSSR count). The minimum absolute atomic E-state index is 0.174. The van der Waals surface area contributed by atoms with Crippen molar-refractivity contribution in [1.82, 2.24) is 0 Å². The molecule has 7 N–H and O–H groups in total. The first kappa shape index (κ1) is 21.2. The van der Waals surface area contributed by atoms with Gasteiger partial charge in [-0.15, -0.1) is 0 Å². The van der Waals surface area contributed by atoms with Crippen molar-refractivity contribution in [2.75, 3.05) is 6.61 Å². The lowest BCUT2D eigenvalue weighted by Gasteiger charge is -1.82. The smallest absolute Gasteiger partial charge is 0.392 e. The number of aliphatic hydroxyl groups excluding tert-OH is 1. The third-order valence-corrected chi connectivity index (χ3v) is 0.508. The summed E-state index contributed by atoms with van der Waals surface area (Å²) in [6.45, 7) is 2.21. The second kappa shape index (κ2) is 11.4. The van der Waals surface area contributed by atoms with Crippen molar-refractivity contribution in [2.24, 2.45) is 0 Å². The molecule has 100 valence electrons. The van der Waals surface area contributed by atoms with Crippen LogP contribution in [0.2, 0.25) is 0 Å². The molecule has 0 bridgehead atoms. The zero-order chi connectivity index (χ0) is 13.8. The molecule has 0 aromatic carbocycles. The Kier molecular flexibility index (Phi) is 15.1. The van der Waals surface area contributed by atoms with E-state index in [1.807, 2.05) is 13.0 Å². The zero-order valence-electron chi connectivity index (χ0n) is 8.41. The van der Waals surface area contributed by atoms with Gasteiger partial charge in [-0.05, 0) is 6.42 Å². The molecule has 0 aliphatic heterocycles. The van der Waals surface area contributed by atoms with E-state index in [1.165, 1.54) is 0 Å². The topological polar surface area (TPSA) is 176 Å². The molecule has 0 aliphatic rings. The van der Waals surface area contributed by atoms with Gasteiger partial charge in [-0.25, -0.2) is 9.13 Å². The first-order valence-electron chi connectivity index (χ1n) is 3.74. The van der Waals surface area contributed by atoms with Gasteiger partial charge in [-0.1, -0.05) is 19.1 Å². The number of phosphoric acid groups is 2. The van der Waals surface area contributed by atoms with Gasteiger partial charge in [0.1, 0.15) is 0 Å².